The topological polar surface area (TPSA) is 48.0 Å². The van der Waals surface area contributed by atoms with E-state index in [0.29, 0.717) is 23.3 Å². The fraction of sp³-hybridized carbons (Fsp3) is 0.200. The van der Waals surface area contributed by atoms with Crippen molar-refractivity contribution in [1.29, 1.82) is 0 Å². The van der Waals surface area contributed by atoms with Crippen LogP contribution in [0.5, 0.6) is 0 Å². The van der Waals surface area contributed by atoms with Crippen molar-refractivity contribution < 1.29 is 4.42 Å². The van der Waals surface area contributed by atoms with Gasteiger partial charge in [-0.05, 0) is 25.5 Å². The molecular formula is C15H14N2O2. The van der Waals surface area contributed by atoms with Gasteiger partial charge in [-0.1, -0.05) is 25.1 Å². The minimum atomic E-state index is -0.0298. The number of para-hydroxylation sites is 1. The average molecular weight is 254 g/mol. The van der Waals surface area contributed by atoms with Crippen molar-refractivity contribution in [3.05, 3.63) is 58.1 Å². The minimum Gasteiger partial charge on any atom is -0.443 e. The SMILES string of the molecule is CCc1nn(-c2ccccc2)c2oc(C)cc(=O)c12. The van der Waals surface area contributed by atoms with Crippen molar-refractivity contribution in [3.8, 4) is 5.69 Å². The molecule has 0 aliphatic rings. The fourth-order valence-electron chi connectivity index (χ4n) is 2.22. The van der Waals surface area contributed by atoms with Crippen molar-refractivity contribution in [3.63, 3.8) is 0 Å². The van der Waals surface area contributed by atoms with Crippen LogP contribution < -0.4 is 5.43 Å². The van der Waals surface area contributed by atoms with E-state index in [0.717, 1.165) is 11.4 Å². The lowest BCUT2D eigenvalue weighted by Gasteiger charge is -2.01. The Balaban J connectivity index is 2.41. The lowest BCUT2D eigenvalue weighted by Crippen LogP contribution is -2.02. The Morgan fingerprint density at radius 2 is 2.00 bits per heavy atom. The highest BCUT2D eigenvalue weighted by Gasteiger charge is 2.16. The van der Waals surface area contributed by atoms with E-state index >= 15 is 0 Å². The number of hydrogen-bond donors (Lipinski definition) is 0. The van der Waals surface area contributed by atoms with Crippen molar-refractivity contribution >= 4 is 11.1 Å². The normalized spacial score (nSPS) is 11.1. The van der Waals surface area contributed by atoms with E-state index in [1.807, 2.05) is 37.3 Å². The molecule has 3 aromatic rings. The third-order valence-electron chi connectivity index (χ3n) is 3.09. The second kappa shape index (κ2) is 4.39. The van der Waals surface area contributed by atoms with Crippen LogP contribution in [0.3, 0.4) is 0 Å². The summed E-state index contributed by atoms with van der Waals surface area (Å²) in [6, 6.07) is 11.2. The molecule has 0 unspecified atom stereocenters. The van der Waals surface area contributed by atoms with Crippen LogP contribution in [0.4, 0.5) is 0 Å². The molecule has 0 N–H and O–H groups in total. The van der Waals surface area contributed by atoms with Crippen LogP contribution in [0.1, 0.15) is 18.4 Å². The maximum atomic E-state index is 12.1. The van der Waals surface area contributed by atoms with Crippen molar-refractivity contribution in [2.45, 2.75) is 20.3 Å². The first-order valence-corrected chi connectivity index (χ1v) is 6.28. The fourth-order valence-corrected chi connectivity index (χ4v) is 2.22. The first-order chi connectivity index (χ1) is 9.20. The van der Waals surface area contributed by atoms with Gasteiger partial charge in [-0.2, -0.15) is 9.78 Å². The van der Waals surface area contributed by atoms with Gasteiger partial charge in [0, 0.05) is 6.07 Å². The standard InChI is InChI=1S/C15H14N2O2/c1-3-12-14-13(18)9-10(2)19-15(14)17(16-12)11-7-5-4-6-8-11/h4-9H,3H2,1-2H3. The monoisotopic (exact) mass is 254 g/mol. The molecule has 0 bridgehead atoms. The average Bonchev–Trinajstić information content (AvgIpc) is 2.78. The summed E-state index contributed by atoms with van der Waals surface area (Å²) in [4.78, 5) is 12.1. The van der Waals surface area contributed by atoms with Gasteiger partial charge < -0.3 is 4.42 Å². The summed E-state index contributed by atoms with van der Waals surface area (Å²) >= 11 is 0. The Bertz CT molecular complexity index is 785. The predicted octanol–water partition coefficient (Wildman–Crippen LogP) is 2.85. The predicted molar refractivity (Wildman–Crippen MR) is 73.7 cm³/mol. The zero-order valence-electron chi connectivity index (χ0n) is 10.9. The van der Waals surface area contributed by atoms with Crippen LogP contribution in [-0.4, -0.2) is 9.78 Å². The highest BCUT2D eigenvalue weighted by molar-refractivity contribution is 5.78. The summed E-state index contributed by atoms with van der Waals surface area (Å²) in [7, 11) is 0. The Kier molecular flexibility index (Phi) is 2.71. The van der Waals surface area contributed by atoms with Gasteiger partial charge in [0.05, 0.1) is 11.4 Å². The van der Waals surface area contributed by atoms with Gasteiger partial charge in [-0.25, -0.2) is 0 Å². The van der Waals surface area contributed by atoms with Crippen LogP contribution in [0, 0.1) is 6.92 Å². The Hall–Kier alpha value is -2.36. The summed E-state index contributed by atoms with van der Waals surface area (Å²) in [6.07, 6.45) is 0.699. The zero-order chi connectivity index (χ0) is 13.4. The van der Waals surface area contributed by atoms with Crippen LogP contribution >= 0.6 is 0 Å². The maximum absolute atomic E-state index is 12.1. The number of fused-ring (bicyclic) bond motifs is 1. The van der Waals surface area contributed by atoms with E-state index in [9.17, 15) is 4.79 Å². The van der Waals surface area contributed by atoms with Crippen LogP contribution in [0.2, 0.25) is 0 Å². The van der Waals surface area contributed by atoms with Crippen molar-refractivity contribution in [1.82, 2.24) is 9.78 Å². The minimum absolute atomic E-state index is 0.0298. The van der Waals surface area contributed by atoms with E-state index in [4.69, 9.17) is 4.42 Å². The van der Waals surface area contributed by atoms with E-state index in [-0.39, 0.29) is 5.43 Å². The Morgan fingerprint density at radius 3 is 2.68 bits per heavy atom. The second-order valence-electron chi connectivity index (χ2n) is 4.45. The molecule has 2 heterocycles. The quantitative estimate of drug-likeness (QED) is 0.706. The lowest BCUT2D eigenvalue weighted by molar-refractivity contribution is 0.539. The molecule has 1 aromatic carbocycles. The van der Waals surface area contributed by atoms with Crippen molar-refractivity contribution in [2.24, 2.45) is 0 Å². The maximum Gasteiger partial charge on any atom is 0.233 e. The molecule has 0 spiro atoms. The van der Waals surface area contributed by atoms with E-state index < -0.39 is 0 Å². The van der Waals surface area contributed by atoms with E-state index in [2.05, 4.69) is 5.10 Å². The molecule has 4 heteroatoms. The largest absolute Gasteiger partial charge is 0.443 e. The van der Waals surface area contributed by atoms with Gasteiger partial charge in [0.2, 0.25) is 5.71 Å². The summed E-state index contributed by atoms with van der Waals surface area (Å²) < 4.78 is 7.41. The number of benzene rings is 1. The summed E-state index contributed by atoms with van der Waals surface area (Å²) in [5.41, 5.74) is 2.15. The second-order valence-corrected chi connectivity index (χ2v) is 4.45. The molecule has 4 nitrogen and oxygen atoms in total. The molecule has 0 fully saturated rings. The zero-order valence-corrected chi connectivity index (χ0v) is 10.9. The van der Waals surface area contributed by atoms with Gasteiger partial charge in [-0.3, -0.25) is 4.79 Å². The molecule has 2 aromatic heterocycles. The number of hydrogen-bond acceptors (Lipinski definition) is 3. The van der Waals surface area contributed by atoms with Crippen molar-refractivity contribution in [2.75, 3.05) is 0 Å². The molecule has 0 aliphatic carbocycles. The van der Waals surface area contributed by atoms with Crippen LogP contribution in [0.25, 0.3) is 16.8 Å². The molecular weight excluding hydrogens is 240 g/mol. The van der Waals surface area contributed by atoms with Gasteiger partial charge in [0.1, 0.15) is 11.1 Å². The molecule has 96 valence electrons. The molecule has 0 aliphatic heterocycles. The smallest absolute Gasteiger partial charge is 0.233 e. The van der Waals surface area contributed by atoms with Gasteiger partial charge >= 0.3 is 0 Å². The molecule has 19 heavy (non-hydrogen) atoms. The number of aryl methyl sites for hydroxylation is 2. The molecule has 0 radical (unpaired) electrons. The number of rotatable bonds is 2. The third kappa shape index (κ3) is 1.85. The molecule has 0 saturated heterocycles. The van der Waals surface area contributed by atoms with Gasteiger partial charge in [0.15, 0.2) is 5.43 Å². The molecule has 3 rings (SSSR count). The summed E-state index contributed by atoms with van der Waals surface area (Å²) in [5.74, 6) is 0.595. The lowest BCUT2D eigenvalue weighted by atomic mass is 10.2. The van der Waals surface area contributed by atoms with E-state index in [1.54, 1.807) is 11.6 Å². The summed E-state index contributed by atoms with van der Waals surface area (Å²) in [5, 5.41) is 5.08. The molecule has 0 atom stereocenters. The van der Waals surface area contributed by atoms with E-state index in [1.165, 1.54) is 6.07 Å². The highest BCUT2D eigenvalue weighted by atomic mass is 16.3. The van der Waals surface area contributed by atoms with Crippen LogP contribution in [-0.2, 0) is 6.42 Å². The van der Waals surface area contributed by atoms with Gasteiger partial charge in [0.25, 0.3) is 0 Å². The third-order valence-corrected chi connectivity index (χ3v) is 3.09. The first kappa shape index (κ1) is 11.7. The Morgan fingerprint density at radius 1 is 1.26 bits per heavy atom. The summed E-state index contributed by atoms with van der Waals surface area (Å²) in [6.45, 7) is 3.76. The first-order valence-electron chi connectivity index (χ1n) is 6.28. The number of nitrogens with zero attached hydrogens (tertiary/aromatic N) is 2. The van der Waals surface area contributed by atoms with Gasteiger partial charge in [-0.15, -0.1) is 0 Å². The van der Waals surface area contributed by atoms with Crippen LogP contribution in [0.15, 0.2) is 45.6 Å². The number of aromatic nitrogens is 2. The highest BCUT2D eigenvalue weighted by Crippen LogP contribution is 2.20. The molecule has 0 amide bonds. The molecule has 0 saturated carbocycles. The Labute approximate surface area is 110 Å².